The number of hydrogen-bond donors (Lipinski definition) is 5. The van der Waals surface area contributed by atoms with Crippen molar-refractivity contribution < 1.29 is 33.8 Å². The van der Waals surface area contributed by atoms with Crippen LogP contribution in [0, 0.1) is 0 Å². The summed E-state index contributed by atoms with van der Waals surface area (Å²) in [5.41, 5.74) is 0. The van der Waals surface area contributed by atoms with Crippen LogP contribution < -0.4 is 0 Å². The third kappa shape index (κ3) is 5.89. The Balaban J connectivity index is 2.85. The maximum absolute atomic E-state index is 11.1. The van der Waals surface area contributed by atoms with Crippen molar-refractivity contribution >= 4 is 38.7 Å². The summed E-state index contributed by atoms with van der Waals surface area (Å²) in [5, 5.41) is 8.68. The minimum Gasteiger partial charge on any atom is -0.396 e. The van der Waals surface area contributed by atoms with Crippen LogP contribution in [0.5, 0.6) is 0 Å². The smallest absolute Gasteiger partial charge is 0.351 e. The summed E-state index contributed by atoms with van der Waals surface area (Å²) in [7, 11) is -9.86. The van der Waals surface area contributed by atoms with E-state index in [1.54, 1.807) is 12.1 Å². The highest BCUT2D eigenvalue weighted by Gasteiger charge is 2.44. The molecular weight excluding hydrogens is 346 g/mol. The molecule has 0 aliphatic carbocycles. The second-order valence-electron chi connectivity index (χ2n) is 3.67. The molecule has 0 bridgehead atoms. The Labute approximate surface area is 124 Å². The predicted octanol–water partition coefficient (Wildman–Crippen LogP) is 1.50. The Morgan fingerprint density at radius 2 is 1.40 bits per heavy atom. The van der Waals surface area contributed by atoms with E-state index >= 15 is 0 Å². The number of hydrogen-bond acceptors (Lipinski definition) is 5. The van der Waals surface area contributed by atoms with Crippen molar-refractivity contribution in [3.8, 4) is 0 Å². The number of benzene rings is 1. The van der Waals surface area contributed by atoms with Crippen molar-refractivity contribution in [1.29, 1.82) is 0 Å². The van der Waals surface area contributed by atoms with E-state index < -0.39 is 19.9 Å². The second-order valence-corrected chi connectivity index (χ2v) is 10.5. The monoisotopic (exact) mass is 360 g/mol. The van der Waals surface area contributed by atoms with Crippen molar-refractivity contribution in [2.75, 3.05) is 12.4 Å². The van der Waals surface area contributed by atoms with Crippen molar-refractivity contribution in [1.82, 2.24) is 0 Å². The fraction of sp³-hybridized carbons (Fsp3) is 0.333. The van der Waals surface area contributed by atoms with E-state index in [9.17, 15) is 9.13 Å². The van der Waals surface area contributed by atoms with Gasteiger partial charge in [0.05, 0.1) is 6.61 Å². The molecular formula is C9H14O7P2S2. The lowest BCUT2D eigenvalue weighted by Crippen LogP contribution is -2.04. The molecule has 0 aliphatic heterocycles. The average molecular weight is 360 g/mol. The van der Waals surface area contributed by atoms with Gasteiger partial charge < -0.3 is 24.7 Å². The van der Waals surface area contributed by atoms with Gasteiger partial charge in [-0.05, 0) is 24.3 Å². The van der Waals surface area contributed by atoms with E-state index in [0.717, 1.165) is 4.90 Å². The fourth-order valence-electron chi connectivity index (χ4n) is 1.23. The number of rotatable bonds is 7. The summed E-state index contributed by atoms with van der Waals surface area (Å²) in [4.78, 5) is 37.2. The van der Waals surface area contributed by atoms with Gasteiger partial charge in [0, 0.05) is 15.5 Å². The summed E-state index contributed by atoms with van der Waals surface area (Å²) in [6.07, 6.45) is 0. The van der Waals surface area contributed by atoms with Gasteiger partial charge >= 0.3 is 15.2 Å². The van der Waals surface area contributed by atoms with Crippen LogP contribution in [-0.4, -0.2) is 41.8 Å². The van der Waals surface area contributed by atoms with Crippen LogP contribution in [0.25, 0.3) is 0 Å². The molecule has 0 saturated carbocycles. The molecule has 0 unspecified atom stereocenters. The lowest BCUT2D eigenvalue weighted by Gasteiger charge is -2.18. The van der Waals surface area contributed by atoms with Crippen LogP contribution >= 0.6 is 38.7 Å². The van der Waals surface area contributed by atoms with Crippen LogP contribution in [0.15, 0.2) is 34.1 Å². The molecule has 5 N–H and O–H groups in total. The highest BCUT2D eigenvalue weighted by Crippen LogP contribution is 2.65. The zero-order valence-electron chi connectivity index (χ0n) is 10.1. The Morgan fingerprint density at radius 1 is 0.950 bits per heavy atom. The number of aliphatic hydroxyl groups excluding tert-OH is 1. The molecule has 7 nitrogen and oxygen atoms in total. The highest BCUT2D eigenvalue weighted by molar-refractivity contribution is 8.12. The number of thioether (sulfide) groups is 2. The zero-order chi connectivity index (χ0) is 15.4. The van der Waals surface area contributed by atoms with E-state index in [1.165, 1.54) is 23.9 Å². The standard InChI is InChI=1S/C9H14O7P2S2/c10-5-6-19-7-1-3-8(4-2-7)20-9(17(11,12)13)18(14,15)16/h1-4,9-10H,5-6H2,(H2,11,12,13)(H2,14,15,16). The van der Waals surface area contributed by atoms with E-state index in [1.807, 2.05) is 0 Å². The lowest BCUT2D eigenvalue weighted by atomic mass is 10.4. The molecule has 0 fully saturated rings. The van der Waals surface area contributed by atoms with Crippen LogP contribution in [0.3, 0.4) is 0 Å². The van der Waals surface area contributed by atoms with E-state index in [0.29, 0.717) is 22.4 Å². The molecule has 0 radical (unpaired) electrons. The van der Waals surface area contributed by atoms with Crippen LogP contribution in [-0.2, 0) is 9.13 Å². The number of aliphatic hydroxyl groups is 1. The van der Waals surface area contributed by atoms with Gasteiger partial charge in [0.15, 0.2) is 0 Å². The minimum atomic E-state index is -4.93. The minimum absolute atomic E-state index is 0.0274. The SMILES string of the molecule is O=P(O)(O)C(Sc1ccc(SCCO)cc1)P(=O)(O)O. The topological polar surface area (TPSA) is 135 Å². The van der Waals surface area contributed by atoms with Crippen LogP contribution in [0.4, 0.5) is 0 Å². The molecule has 114 valence electrons. The summed E-state index contributed by atoms with van der Waals surface area (Å²) < 4.78 is 20.2. The third-order valence-electron chi connectivity index (χ3n) is 2.00. The lowest BCUT2D eigenvalue weighted by molar-refractivity contribution is 0.322. The summed E-state index contributed by atoms with van der Waals surface area (Å²) in [6, 6.07) is 6.34. The summed E-state index contributed by atoms with van der Waals surface area (Å²) >= 11 is 1.84. The molecule has 1 aromatic rings. The van der Waals surface area contributed by atoms with Gasteiger partial charge in [-0.1, -0.05) is 11.8 Å². The van der Waals surface area contributed by atoms with Gasteiger partial charge in [-0.2, -0.15) is 0 Å². The largest absolute Gasteiger partial charge is 0.396 e. The maximum atomic E-state index is 11.1. The van der Waals surface area contributed by atoms with Crippen molar-refractivity contribution in [2.24, 2.45) is 0 Å². The van der Waals surface area contributed by atoms with Crippen molar-refractivity contribution in [3.05, 3.63) is 24.3 Å². The molecule has 0 saturated heterocycles. The van der Waals surface area contributed by atoms with Gasteiger partial charge in [-0.15, -0.1) is 11.8 Å². The van der Waals surface area contributed by atoms with E-state index in [4.69, 9.17) is 24.7 Å². The van der Waals surface area contributed by atoms with E-state index in [2.05, 4.69) is 0 Å². The Kier molecular flexibility index (Phi) is 6.79. The first-order valence-electron chi connectivity index (χ1n) is 5.25. The molecule has 0 aromatic heterocycles. The van der Waals surface area contributed by atoms with Crippen molar-refractivity contribution in [3.63, 3.8) is 0 Å². The second kappa shape index (κ2) is 7.45. The normalized spacial score (nSPS) is 12.9. The predicted molar refractivity (Wildman–Crippen MR) is 78.0 cm³/mol. The Hall–Kier alpha value is 0.180. The van der Waals surface area contributed by atoms with Gasteiger partial charge in [0.25, 0.3) is 0 Å². The Morgan fingerprint density at radius 3 is 1.80 bits per heavy atom. The van der Waals surface area contributed by atoms with Gasteiger partial charge in [0.2, 0.25) is 4.73 Å². The van der Waals surface area contributed by atoms with E-state index in [-0.39, 0.29) is 6.61 Å². The first kappa shape index (κ1) is 18.2. The van der Waals surface area contributed by atoms with Crippen LogP contribution in [0.2, 0.25) is 0 Å². The third-order valence-corrected chi connectivity index (χ3v) is 8.98. The molecule has 1 aromatic carbocycles. The van der Waals surface area contributed by atoms with Crippen molar-refractivity contribution in [2.45, 2.75) is 14.5 Å². The zero-order valence-corrected chi connectivity index (χ0v) is 13.5. The molecule has 0 aliphatic rings. The van der Waals surface area contributed by atoms with Gasteiger partial charge in [0.1, 0.15) is 0 Å². The first-order chi connectivity index (χ1) is 9.14. The molecule has 11 heteroatoms. The summed E-state index contributed by atoms with van der Waals surface area (Å²) in [6.45, 7) is 0.0274. The van der Waals surface area contributed by atoms with Gasteiger partial charge in [-0.25, -0.2) is 0 Å². The quantitative estimate of drug-likeness (QED) is 0.362. The fourth-order valence-corrected chi connectivity index (χ4v) is 5.82. The molecule has 20 heavy (non-hydrogen) atoms. The highest BCUT2D eigenvalue weighted by atomic mass is 32.2. The maximum Gasteiger partial charge on any atom is 0.351 e. The molecule has 0 spiro atoms. The van der Waals surface area contributed by atoms with Gasteiger partial charge in [-0.3, -0.25) is 9.13 Å². The molecule has 0 atom stereocenters. The van der Waals surface area contributed by atoms with Crippen LogP contribution in [0.1, 0.15) is 0 Å². The summed E-state index contributed by atoms with van der Waals surface area (Å²) in [5.74, 6) is 0.514. The molecule has 0 amide bonds. The molecule has 1 rings (SSSR count). The molecule has 0 heterocycles. The Bertz CT molecular complexity index is 502. The first-order valence-corrected chi connectivity index (χ1v) is 10.5. The average Bonchev–Trinajstić information content (AvgIpc) is 2.32.